The van der Waals surface area contributed by atoms with Crippen molar-refractivity contribution in [3.05, 3.63) is 0 Å². The van der Waals surface area contributed by atoms with E-state index in [1.807, 2.05) is 0 Å². The lowest BCUT2D eigenvalue weighted by Crippen LogP contribution is -2.56. The molecule has 0 spiro atoms. The van der Waals surface area contributed by atoms with Crippen molar-refractivity contribution in [3.63, 3.8) is 0 Å². The minimum atomic E-state index is -6.67. The van der Waals surface area contributed by atoms with Crippen LogP contribution in [0.5, 0.6) is 0 Å². The molecule has 0 amide bonds. The molecule has 0 saturated heterocycles. The Balaban J connectivity index is 3.92. The van der Waals surface area contributed by atoms with Crippen LogP contribution in [0.4, 0.5) is 39.5 Å². The van der Waals surface area contributed by atoms with Crippen molar-refractivity contribution in [1.82, 2.24) is 0 Å². The Morgan fingerprint density at radius 1 is 0.643 bits per heavy atom. The van der Waals surface area contributed by atoms with E-state index >= 15 is 0 Å². The molecule has 6 nitrogen and oxygen atoms in total. The van der Waals surface area contributed by atoms with Crippen molar-refractivity contribution >= 4 is 23.5 Å². The molecule has 0 rings (SSSR count). The van der Waals surface area contributed by atoms with Gasteiger partial charge in [-0.1, -0.05) is 0 Å². The Kier molecular flexibility index (Phi) is 9.79. The van der Waals surface area contributed by atoms with Gasteiger partial charge in [0, 0.05) is 0 Å². The predicted molar refractivity (Wildman–Crippen MR) is 70.3 cm³/mol. The lowest BCUT2D eigenvalue weighted by molar-refractivity contribution is -0.348. The molecule has 0 radical (unpaired) electrons. The number of carbonyl (C=O) groups is 2. The van der Waals surface area contributed by atoms with Crippen molar-refractivity contribution < 1.29 is 68.1 Å². The molecule has 0 N–H and O–H groups in total. The van der Waals surface area contributed by atoms with Gasteiger partial charge in [-0.3, -0.25) is 0 Å². The molecule has 0 aliphatic carbocycles. The summed E-state index contributed by atoms with van der Waals surface area (Å²) in [7, 11) is 0. The summed E-state index contributed by atoms with van der Waals surface area (Å²) in [5.41, 5.74) is 0. The predicted octanol–water partition coefficient (Wildman–Crippen LogP) is 2.77. The summed E-state index contributed by atoms with van der Waals surface area (Å²) >= 11 is 4.34. The van der Waals surface area contributed by atoms with Gasteiger partial charge in [-0.15, -0.1) is 0 Å². The van der Waals surface area contributed by atoms with E-state index in [1.165, 1.54) is 0 Å². The third-order valence-corrected chi connectivity index (χ3v) is 2.69. The van der Waals surface area contributed by atoms with Crippen molar-refractivity contribution in [3.8, 4) is 0 Å². The molecule has 0 aromatic heterocycles. The van der Waals surface area contributed by atoms with Gasteiger partial charge in [-0.25, -0.2) is 9.59 Å². The van der Waals surface area contributed by atoms with E-state index in [9.17, 15) is 49.1 Å². The van der Waals surface area contributed by atoms with Crippen LogP contribution in [0.3, 0.4) is 0 Å². The molecule has 0 unspecified atom stereocenters. The summed E-state index contributed by atoms with van der Waals surface area (Å²) in [6.45, 7) is -3.20. The maximum Gasteiger partial charge on any atom is 0.460 e. The molecule has 166 valence electrons. The Labute approximate surface area is 155 Å². The van der Waals surface area contributed by atoms with Crippen molar-refractivity contribution in [2.75, 3.05) is 39.6 Å². The van der Waals surface area contributed by atoms with Gasteiger partial charge in [-0.05, 0) is 11.6 Å². The highest BCUT2D eigenvalue weighted by atomic mass is 35.5. The Morgan fingerprint density at radius 2 is 1.00 bits per heavy atom. The number of carbonyl (C=O) groups excluding carboxylic acids is 2. The largest absolute Gasteiger partial charge is 0.460 e. The van der Waals surface area contributed by atoms with E-state index < -0.39 is 55.2 Å². The molecular weight excluding hydrogens is 447 g/mol. The highest BCUT2D eigenvalue weighted by Gasteiger charge is 2.77. The second kappa shape index (κ2) is 10.3. The second-order valence-corrected chi connectivity index (χ2v) is 5.12. The zero-order chi connectivity index (χ0) is 22.2. The van der Waals surface area contributed by atoms with E-state index in [0.29, 0.717) is 0 Å². The molecule has 0 fully saturated rings. The minimum absolute atomic E-state index is 0.245. The fourth-order valence-electron chi connectivity index (χ4n) is 1.19. The molecule has 16 heteroatoms. The third kappa shape index (κ3) is 7.87. The SMILES string of the molecule is O=C(OCCOCCOCCOC(=O)C(F)(F)C(F)(F)C(F)(F)F)C(F)(F)Cl. The lowest BCUT2D eigenvalue weighted by Gasteiger charge is -2.26. The fraction of sp³-hybridized carbons (Fsp3) is 0.833. The number of hydrogen-bond acceptors (Lipinski definition) is 6. The average molecular weight is 459 g/mol. The zero-order valence-electron chi connectivity index (χ0n) is 13.5. The molecule has 0 atom stereocenters. The minimum Gasteiger partial charge on any atom is -0.459 e. The van der Waals surface area contributed by atoms with Crippen LogP contribution < -0.4 is 0 Å². The quantitative estimate of drug-likeness (QED) is 0.194. The summed E-state index contributed by atoms with van der Waals surface area (Å²) in [6, 6.07) is 0. The molecule has 0 bridgehead atoms. The first-order valence-corrected chi connectivity index (χ1v) is 7.32. The van der Waals surface area contributed by atoms with Gasteiger partial charge in [0.05, 0.1) is 26.4 Å². The van der Waals surface area contributed by atoms with Crippen molar-refractivity contribution in [2.45, 2.75) is 23.4 Å². The molecule has 0 aromatic rings. The van der Waals surface area contributed by atoms with Gasteiger partial charge in [0.15, 0.2) is 0 Å². The lowest BCUT2D eigenvalue weighted by atomic mass is 10.1. The van der Waals surface area contributed by atoms with E-state index in [1.54, 1.807) is 0 Å². The van der Waals surface area contributed by atoms with Gasteiger partial charge in [0.1, 0.15) is 13.2 Å². The van der Waals surface area contributed by atoms with Gasteiger partial charge in [0.25, 0.3) is 0 Å². The molecule has 0 saturated carbocycles. The van der Waals surface area contributed by atoms with E-state index in [4.69, 9.17) is 4.74 Å². The van der Waals surface area contributed by atoms with Crippen LogP contribution in [0.2, 0.25) is 0 Å². The topological polar surface area (TPSA) is 71.1 Å². The molecule has 0 heterocycles. The Hall–Kier alpha value is -1.48. The molecular formula is C12H12ClF9O6. The van der Waals surface area contributed by atoms with Crippen LogP contribution in [-0.4, -0.2) is 75.0 Å². The van der Waals surface area contributed by atoms with E-state index in [0.717, 1.165) is 0 Å². The van der Waals surface area contributed by atoms with Crippen LogP contribution >= 0.6 is 11.6 Å². The highest BCUT2D eigenvalue weighted by Crippen LogP contribution is 2.46. The monoisotopic (exact) mass is 458 g/mol. The molecule has 0 aliphatic heterocycles. The van der Waals surface area contributed by atoms with Crippen LogP contribution in [0, 0.1) is 0 Å². The number of rotatable bonds is 12. The van der Waals surface area contributed by atoms with Crippen LogP contribution in [0.1, 0.15) is 0 Å². The normalized spacial score (nSPS) is 13.4. The van der Waals surface area contributed by atoms with Gasteiger partial charge in [-0.2, -0.15) is 39.5 Å². The van der Waals surface area contributed by atoms with Crippen molar-refractivity contribution in [1.29, 1.82) is 0 Å². The third-order valence-electron chi connectivity index (χ3n) is 2.53. The number of halogens is 10. The second-order valence-electron chi connectivity index (χ2n) is 4.64. The van der Waals surface area contributed by atoms with Gasteiger partial charge in [0.2, 0.25) is 0 Å². The summed E-state index contributed by atoms with van der Waals surface area (Å²) in [5, 5.41) is -4.19. The first-order chi connectivity index (χ1) is 12.5. The number of alkyl halides is 10. The molecule has 0 aromatic carbocycles. The standard InChI is InChI=1S/C12H12ClF9O6/c13-10(16,17)8(24)28-6-4-26-2-1-25-3-5-27-7(23)9(14,15)11(18,19)12(20,21)22/h1-6H2. The van der Waals surface area contributed by atoms with Crippen LogP contribution in [-0.2, 0) is 28.5 Å². The highest BCUT2D eigenvalue weighted by molar-refractivity contribution is 6.31. The zero-order valence-corrected chi connectivity index (χ0v) is 14.2. The summed E-state index contributed by atoms with van der Waals surface area (Å²) in [6.07, 6.45) is -6.67. The van der Waals surface area contributed by atoms with Crippen molar-refractivity contribution in [2.24, 2.45) is 0 Å². The number of esters is 2. The van der Waals surface area contributed by atoms with Gasteiger partial charge < -0.3 is 18.9 Å². The van der Waals surface area contributed by atoms with Gasteiger partial charge >= 0.3 is 35.3 Å². The molecule has 28 heavy (non-hydrogen) atoms. The van der Waals surface area contributed by atoms with E-state index in [-0.39, 0.29) is 19.8 Å². The Morgan fingerprint density at radius 3 is 1.36 bits per heavy atom. The maximum absolute atomic E-state index is 12.9. The first kappa shape index (κ1) is 26.5. The summed E-state index contributed by atoms with van der Waals surface area (Å²) < 4.78 is 128. The molecule has 0 aliphatic rings. The smallest absolute Gasteiger partial charge is 0.459 e. The average Bonchev–Trinajstić information content (AvgIpc) is 2.53. The van der Waals surface area contributed by atoms with E-state index in [2.05, 4.69) is 25.8 Å². The van der Waals surface area contributed by atoms with Crippen LogP contribution in [0.15, 0.2) is 0 Å². The maximum atomic E-state index is 12.9. The first-order valence-electron chi connectivity index (χ1n) is 6.94. The van der Waals surface area contributed by atoms with Crippen LogP contribution in [0.25, 0.3) is 0 Å². The number of ether oxygens (including phenoxy) is 4. The summed E-state index contributed by atoms with van der Waals surface area (Å²) in [5.74, 6) is -17.8. The number of hydrogen-bond donors (Lipinski definition) is 0. The summed E-state index contributed by atoms with van der Waals surface area (Å²) in [4.78, 5) is 21.3. The Bertz CT molecular complexity index is 521. The fourth-order valence-corrected chi connectivity index (χ4v) is 1.24.